The van der Waals surface area contributed by atoms with Crippen LogP contribution in [0.3, 0.4) is 0 Å². The van der Waals surface area contributed by atoms with E-state index in [2.05, 4.69) is 21.2 Å². The van der Waals surface area contributed by atoms with Gasteiger partial charge >= 0.3 is 0 Å². The third kappa shape index (κ3) is 4.22. The fourth-order valence-corrected chi connectivity index (χ4v) is 3.31. The number of hydrogen-bond acceptors (Lipinski definition) is 3. The van der Waals surface area contributed by atoms with Crippen LogP contribution in [-0.4, -0.2) is 36.4 Å². The summed E-state index contributed by atoms with van der Waals surface area (Å²) >= 11 is 3.33. The van der Waals surface area contributed by atoms with Gasteiger partial charge < -0.3 is 15.0 Å². The van der Waals surface area contributed by atoms with E-state index in [9.17, 15) is 14.0 Å². The van der Waals surface area contributed by atoms with Gasteiger partial charge in [0, 0.05) is 17.9 Å². The number of halogens is 2. The second-order valence-electron chi connectivity index (χ2n) is 6.12. The molecule has 0 spiro atoms. The van der Waals surface area contributed by atoms with Crippen molar-refractivity contribution in [1.82, 2.24) is 10.2 Å². The van der Waals surface area contributed by atoms with Gasteiger partial charge in [0.15, 0.2) is 6.61 Å². The van der Waals surface area contributed by atoms with Crippen LogP contribution in [0.5, 0.6) is 5.75 Å². The highest BCUT2D eigenvalue weighted by atomic mass is 79.9. The van der Waals surface area contributed by atoms with Crippen molar-refractivity contribution in [1.29, 1.82) is 0 Å². The van der Waals surface area contributed by atoms with E-state index in [0.717, 1.165) is 10.0 Å². The normalized spacial score (nSPS) is 19.5. The highest BCUT2D eigenvalue weighted by Crippen LogP contribution is 2.32. The van der Waals surface area contributed by atoms with Gasteiger partial charge in [0.2, 0.25) is 5.91 Å². The molecule has 0 aromatic heterocycles. The third-order valence-corrected chi connectivity index (χ3v) is 4.86. The van der Waals surface area contributed by atoms with Crippen molar-refractivity contribution in [3.63, 3.8) is 0 Å². The van der Waals surface area contributed by atoms with Crippen LogP contribution in [0.15, 0.2) is 53.0 Å². The van der Waals surface area contributed by atoms with Crippen LogP contribution in [0.1, 0.15) is 18.0 Å². The molecule has 3 rings (SSSR count). The van der Waals surface area contributed by atoms with Gasteiger partial charge in [-0.05, 0) is 42.0 Å². The number of ether oxygens (including phenoxy) is 1. The molecule has 1 N–H and O–H groups in total. The number of benzene rings is 2. The van der Waals surface area contributed by atoms with E-state index in [1.54, 1.807) is 36.2 Å². The molecule has 0 bridgehead atoms. The van der Waals surface area contributed by atoms with Crippen LogP contribution in [0.4, 0.5) is 4.39 Å². The Morgan fingerprint density at radius 3 is 2.54 bits per heavy atom. The average Bonchev–Trinajstić information content (AvgIpc) is 2.89. The van der Waals surface area contributed by atoms with Crippen molar-refractivity contribution in [3.05, 3.63) is 64.4 Å². The van der Waals surface area contributed by atoms with E-state index in [1.807, 2.05) is 12.1 Å². The van der Waals surface area contributed by atoms with Gasteiger partial charge in [-0.25, -0.2) is 4.39 Å². The lowest BCUT2D eigenvalue weighted by Gasteiger charge is -2.26. The van der Waals surface area contributed by atoms with Crippen LogP contribution in [0.2, 0.25) is 0 Å². The molecule has 2 atom stereocenters. The summed E-state index contributed by atoms with van der Waals surface area (Å²) in [5, 5.41) is 2.86. The molecule has 2 aromatic carbocycles. The number of nitrogens with one attached hydrogen (secondary N) is 1. The lowest BCUT2D eigenvalue weighted by atomic mass is 10.00. The Morgan fingerprint density at radius 1 is 1.23 bits per heavy atom. The number of nitrogens with zero attached hydrogens (tertiary/aromatic N) is 1. The molecule has 1 aliphatic heterocycles. The van der Waals surface area contributed by atoms with Crippen molar-refractivity contribution in [2.75, 3.05) is 13.7 Å². The second kappa shape index (κ2) is 7.86. The molecule has 0 unspecified atom stereocenters. The molecule has 1 aliphatic rings. The van der Waals surface area contributed by atoms with Gasteiger partial charge in [0.25, 0.3) is 5.91 Å². The van der Waals surface area contributed by atoms with Gasteiger partial charge in [-0.3, -0.25) is 9.59 Å². The quantitative estimate of drug-likeness (QED) is 0.808. The zero-order valence-corrected chi connectivity index (χ0v) is 15.7. The lowest BCUT2D eigenvalue weighted by Crippen LogP contribution is -2.41. The largest absolute Gasteiger partial charge is 0.484 e. The van der Waals surface area contributed by atoms with Crippen LogP contribution in [0.25, 0.3) is 0 Å². The maximum absolute atomic E-state index is 13.2. The number of hydrogen-bond donors (Lipinski definition) is 1. The molecule has 1 fully saturated rings. The van der Waals surface area contributed by atoms with Crippen LogP contribution >= 0.6 is 15.9 Å². The molecule has 1 heterocycles. The molecule has 26 heavy (non-hydrogen) atoms. The summed E-state index contributed by atoms with van der Waals surface area (Å²) in [5.74, 6) is -0.145. The van der Waals surface area contributed by atoms with Crippen LogP contribution in [-0.2, 0) is 9.59 Å². The van der Waals surface area contributed by atoms with Gasteiger partial charge in [0.05, 0.1) is 12.1 Å². The first kappa shape index (κ1) is 18.4. The fourth-order valence-electron chi connectivity index (χ4n) is 3.04. The van der Waals surface area contributed by atoms with E-state index in [-0.39, 0.29) is 42.7 Å². The van der Waals surface area contributed by atoms with Crippen molar-refractivity contribution < 1.29 is 18.7 Å². The Morgan fingerprint density at radius 2 is 1.88 bits per heavy atom. The van der Waals surface area contributed by atoms with Crippen LogP contribution < -0.4 is 10.1 Å². The minimum absolute atomic E-state index is 0.0709. The number of carbonyl (C=O) groups excluding carboxylic acids is 2. The average molecular weight is 421 g/mol. The van der Waals surface area contributed by atoms with Crippen molar-refractivity contribution in [3.8, 4) is 5.75 Å². The molecule has 0 radical (unpaired) electrons. The topological polar surface area (TPSA) is 58.6 Å². The standard InChI is InChI=1S/C19H18BrFN2O3/c1-23-18(25)10-16(19(23)12-2-6-14(21)7-3-12)22-17(24)11-26-15-8-4-13(20)5-9-15/h2-9,16,19H,10-11H2,1H3,(H,22,24)/t16-,19-/m0/s1. The maximum Gasteiger partial charge on any atom is 0.258 e. The summed E-state index contributed by atoms with van der Waals surface area (Å²) in [6.07, 6.45) is 0.197. The smallest absolute Gasteiger partial charge is 0.258 e. The van der Waals surface area contributed by atoms with Gasteiger partial charge in [-0.15, -0.1) is 0 Å². The highest BCUT2D eigenvalue weighted by molar-refractivity contribution is 9.10. The Balaban J connectivity index is 1.64. The predicted molar refractivity (Wildman–Crippen MR) is 98.1 cm³/mol. The fraction of sp³-hybridized carbons (Fsp3) is 0.263. The summed E-state index contributed by atoms with van der Waals surface area (Å²) < 4.78 is 19.6. The molecule has 2 amide bonds. The second-order valence-corrected chi connectivity index (χ2v) is 7.04. The molecule has 5 nitrogen and oxygen atoms in total. The zero-order valence-electron chi connectivity index (χ0n) is 14.1. The zero-order chi connectivity index (χ0) is 18.7. The number of likely N-dealkylation sites (N-methyl/N-ethyl adjacent to an activating group) is 1. The molecule has 0 aliphatic carbocycles. The molecule has 7 heteroatoms. The first-order chi connectivity index (χ1) is 12.4. The predicted octanol–water partition coefficient (Wildman–Crippen LogP) is 3.06. The molecule has 136 valence electrons. The first-order valence-corrected chi connectivity index (χ1v) is 8.92. The van der Waals surface area contributed by atoms with Crippen molar-refractivity contribution in [2.45, 2.75) is 18.5 Å². The molecular weight excluding hydrogens is 403 g/mol. The van der Waals surface area contributed by atoms with E-state index in [4.69, 9.17) is 4.74 Å². The Kier molecular flexibility index (Phi) is 5.56. The van der Waals surface area contributed by atoms with E-state index in [0.29, 0.717) is 5.75 Å². The van der Waals surface area contributed by atoms with Gasteiger partial charge in [0.1, 0.15) is 11.6 Å². The Bertz CT molecular complexity index is 795. The van der Waals surface area contributed by atoms with E-state index in [1.165, 1.54) is 12.1 Å². The number of amides is 2. The molecular formula is C19H18BrFN2O3. The lowest BCUT2D eigenvalue weighted by molar-refractivity contribution is -0.127. The van der Waals surface area contributed by atoms with Crippen molar-refractivity contribution >= 4 is 27.7 Å². The summed E-state index contributed by atoms with van der Waals surface area (Å²) in [6.45, 7) is -0.147. The number of carbonyl (C=O) groups is 2. The number of likely N-dealkylation sites (tertiary alicyclic amines) is 1. The number of rotatable bonds is 5. The summed E-state index contributed by atoms with van der Waals surface area (Å²) in [4.78, 5) is 25.9. The van der Waals surface area contributed by atoms with E-state index < -0.39 is 0 Å². The third-order valence-electron chi connectivity index (χ3n) is 4.33. The maximum atomic E-state index is 13.2. The summed E-state index contributed by atoms with van der Waals surface area (Å²) in [6, 6.07) is 12.4. The minimum atomic E-state index is -0.390. The van der Waals surface area contributed by atoms with E-state index >= 15 is 0 Å². The van der Waals surface area contributed by atoms with Crippen molar-refractivity contribution in [2.24, 2.45) is 0 Å². The van der Waals surface area contributed by atoms with Gasteiger partial charge in [-0.2, -0.15) is 0 Å². The highest BCUT2D eigenvalue weighted by Gasteiger charge is 2.39. The molecule has 1 saturated heterocycles. The molecule has 2 aromatic rings. The summed E-state index contributed by atoms with van der Waals surface area (Å²) in [5.41, 5.74) is 0.777. The Labute approximate surface area is 159 Å². The SMILES string of the molecule is CN1C(=O)C[C@H](NC(=O)COc2ccc(Br)cc2)[C@@H]1c1ccc(F)cc1. The summed E-state index contributed by atoms with van der Waals surface area (Å²) in [7, 11) is 1.68. The molecule has 0 saturated carbocycles. The monoisotopic (exact) mass is 420 g/mol. The van der Waals surface area contributed by atoms with Gasteiger partial charge in [-0.1, -0.05) is 28.1 Å². The first-order valence-electron chi connectivity index (χ1n) is 8.13. The van der Waals surface area contributed by atoms with Crippen LogP contribution in [0, 0.1) is 5.82 Å². The minimum Gasteiger partial charge on any atom is -0.484 e. The Hall–Kier alpha value is -2.41.